The van der Waals surface area contributed by atoms with Gasteiger partial charge in [0.2, 0.25) is 5.91 Å². The van der Waals surface area contributed by atoms with Gasteiger partial charge in [-0.15, -0.1) is 0 Å². The maximum Gasteiger partial charge on any atom is 0.248 e. The number of sulfone groups is 1. The monoisotopic (exact) mass is 422 g/mol. The van der Waals surface area contributed by atoms with Gasteiger partial charge in [-0.05, 0) is 43.7 Å². The van der Waals surface area contributed by atoms with Crippen LogP contribution in [0.1, 0.15) is 18.4 Å². The number of halogens is 1. The second-order valence-electron chi connectivity index (χ2n) is 6.30. The summed E-state index contributed by atoms with van der Waals surface area (Å²) in [4.78, 5) is 17.2. The van der Waals surface area contributed by atoms with Crippen molar-refractivity contribution in [2.75, 3.05) is 5.75 Å². The Kier molecular flexibility index (Phi) is 5.83. The van der Waals surface area contributed by atoms with Crippen LogP contribution in [0, 0.1) is 6.92 Å². The minimum absolute atomic E-state index is 0.0779. The lowest BCUT2D eigenvalue weighted by atomic mass is 10.2. The summed E-state index contributed by atoms with van der Waals surface area (Å²) in [6.45, 7) is 1.90. The van der Waals surface area contributed by atoms with Crippen molar-refractivity contribution in [2.45, 2.75) is 24.7 Å². The van der Waals surface area contributed by atoms with Crippen LogP contribution < -0.4 is 4.80 Å². The maximum atomic E-state index is 12.3. The molecule has 3 aromatic rings. The van der Waals surface area contributed by atoms with E-state index >= 15 is 0 Å². The van der Waals surface area contributed by atoms with Crippen LogP contribution >= 0.6 is 22.9 Å². The van der Waals surface area contributed by atoms with Gasteiger partial charge < -0.3 is 4.57 Å². The van der Waals surface area contributed by atoms with E-state index in [0.717, 1.165) is 15.8 Å². The normalized spacial score (nSPS) is 12.6. The topological polar surface area (TPSA) is 68.5 Å². The molecule has 0 aliphatic rings. The maximum absolute atomic E-state index is 12.3. The number of hydrogen-bond donors (Lipinski definition) is 0. The first kappa shape index (κ1) is 19.8. The summed E-state index contributed by atoms with van der Waals surface area (Å²) >= 11 is 7.38. The summed E-state index contributed by atoms with van der Waals surface area (Å²) < 4.78 is 27.4. The average Bonchev–Trinajstić information content (AvgIpc) is 2.90. The molecule has 8 heteroatoms. The first-order chi connectivity index (χ1) is 12.8. The van der Waals surface area contributed by atoms with Crippen LogP contribution in [0.4, 0.5) is 0 Å². The van der Waals surface area contributed by atoms with Crippen molar-refractivity contribution in [3.63, 3.8) is 0 Å². The summed E-state index contributed by atoms with van der Waals surface area (Å²) in [5.41, 5.74) is 1.94. The number of carbonyl (C=O) groups is 1. The van der Waals surface area contributed by atoms with E-state index in [2.05, 4.69) is 4.99 Å². The van der Waals surface area contributed by atoms with Crippen LogP contribution in [0.25, 0.3) is 10.2 Å². The first-order valence-corrected chi connectivity index (χ1v) is 11.2. The van der Waals surface area contributed by atoms with Gasteiger partial charge >= 0.3 is 0 Å². The van der Waals surface area contributed by atoms with Gasteiger partial charge in [0, 0.05) is 18.5 Å². The number of thiazole rings is 1. The fourth-order valence-electron chi connectivity index (χ4n) is 2.65. The highest BCUT2D eigenvalue weighted by Crippen LogP contribution is 2.21. The average molecular weight is 423 g/mol. The highest BCUT2D eigenvalue weighted by Gasteiger charge is 2.15. The zero-order chi connectivity index (χ0) is 19.6. The molecule has 142 valence electrons. The van der Waals surface area contributed by atoms with Crippen LogP contribution in [-0.4, -0.2) is 24.6 Å². The van der Waals surface area contributed by atoms with E-state index in [4.69, 9.17) is 11.6 Å². The number of fused-ring (bicyclic) bond motifs is 1. The second kappa shape index (κ2) is 7.96. The van der Waals surface area contributed by atoms with Gasteiger partial charge in [-0.3, -0.25) is 4.79 Å². The van der Waals surface area contributed by atoms with E-state index in [1.54, 1.807) is 30.3 Å². The third kappa shape index (κ3) is 4.66. The molecule has 0 radical (unpaired) electrons. The Hall–Kier alpha value is -1.96. The second-order valence-corrected chi connectivity index (χ2v) is 9.85. The molecule has 0 aliphatic heterocycles. The van der Waals surface area contributed by atoms with Crippen LogP contribution in [0.2, 0.25) is 5.02 Å². The largest absolute Gasteiger partial charge is 0.319 e. The molecule has 0 N–H and O–H groups in total. The van der Waals surface area contributed by atoms with E-state index < -0.39 is 9.84 Å². The van der Waals surface area contributed by atoms with E-state index in [9.17, 15) is 13.2 Å². The van der Waals surface area contributed by atoms with Gasteiger partial charge in [0.1, 0.15) is 0 Å². The van der Waals surface area contributed by atoms with E-state index in [1.165, 1.54) is 11.3 Å². The highest BCUT2D eigenvalue weighted by molar-refractivity contribution is 7.91. The summed E-state index contributed by atoms with van der Waals surface area (Å²) in [7, 11) is -1.56. The van der Waals surface area contributed by atoms with Gasteiger partial charge in [-0.1, -0.05) is 40.6 Å². The number of aromatic nitrogens is 1. The van der Waals surface area contributed by atoms with Crippen LogP contribution in [0.3, 0.4) is 0 Å². The predicted octanol–water partition coefficient (Wildman–Crippen LogP) is 3.88. The van der Waals surface area contributed by atoms with E-state index in [1.807, 2.05) is 30.7 Å². The zero-order valence-electron chi connectivity index (χ0n) is 15.0. The van der Waals surface area contributed by atoms with Gasteiger partial charge in [0.05, 0.1) is 20.9 Å². The van der Waals surface area contributed by atoms with Crippen molar-refractivity contribution in [1.82, 2.24) is 4.57 Å². The Morgan fingerprint density at radius 3 is 2.59 bits per heavy atom. The third-order valence-electron chi connectivity index (χ3n) is 4.18. The van der Waals surface area contributed by atoms with Crippen molar-refractivity contribution in [2.24, 2.45) is 12.0 Å². The summed E-state index contributed by atoms with van der Waals surface area (Å²) in [5.74, 6) is -0.409. The van der Waals surface area contributed by atoms with Crippen molar-refractivity contribution < 1.29 is 13.2 Å². The number of benzene rings is 2. The van der Waals surface area contributed by atoms with Gasteiger partial charge in [-0.25, -0.2) is 8.42 Å². The first-order valence-electron chi connectivity index (χ1n) is 8.38. The molecule has 0 spiro atoms. The fraction of sp³-hybridized carbons (Fsp3) is 0.263. The Labute approximate surface area is 166 Å². The fourth-order valence-corrected chi connectivity index (χ4v) is 5.28. The third-order valence-corrected chi connectivity index (χ3v) is 7.32. The smallest absolute Gasteiger partial charge is 0.248 e. The number of carbonyl (C=O) groups excluding carboxylic acids is 1. The molecule has 27 heavy (non-hydrogen) atoms. The van der Waals surface area contributed by atoms with Crippen LogP contribution in [0.5, 0.6) is 0 Å². The lowest BCUT2D eigenvalue weighted by Gasteiger charge is -2.04. The lowest BCUT2D eigenvalue weighted by Crippen LogP contribution is -2.14. The Morgan fingerprint density at radius 1 is 1.19 bits per heavy atom. The molecule has 5 nitrogen and oxygen atoms in total. The van der Waals surface area contributed by atoms with Crippen molar-refractivity contribution >= 4 is 48.9 Å². The molecule has 2 aromatic carbocycles. The quantitative estimate of drug-likeness (QED) is 0.626. The van der Waals surface area contributed by atoms with Crippen LogP contribution in [-0.2, 0) is 21.7 Å². The molecule has 3 rings (SSSR count). The van der Waals surface area contributed by atoms with Crippen molar-refractivity contribution in [1.29, 1.82) is 0 Å². The molecule has 0 atom stereocenters. The minimum Gasteiger partial charge on any atom is -0.319 e. The Balaban J connectivity index is 1.69. The summed E-state index contributed by atoms with van der Waals surface area (Å²) in [6.07, 6.45) is 0.319. The number of amides is 1. The van der Waals surface area contributed by atoms with Gasteiger partial charge in [0.15, 0.2) is 14.6 Å². The lowest BCUT2D eigenvalue weighted by molar-refractivity contribution is -0.118. The molecule has 0 saturated heterocycles. The molecular weight excluding hydrogens is 404 g/mol. The SMILES string of the molecule is Cc1ccc(S(=O)(=O)CCCC(=O)N=c2sc3cc(Cl)ccc3n2C)cc1. The molecule has 0 aliphatic carbocycles. The van der Waals surface area contributed by atoms with Gasteiger partial charge in [-0.2, -0.15) is 4.99 Å². The Bertz CT molecular complexity index is 1160. The molecule has 1 aromatic heterocycles. The number of rotatable bonds is 5. The predicted molar refractivity (Wildman–Crippen MR) is 109 cm³/mol. The molecule has 0 saturated carbocycles. The number of nitrogens with zero attached hydrogens (tertiary/aromatic N) is 2. The molecule has 1 heterocycles. The van der Waals surface area contributed by atoms with E-state index in [-0.39, 0.29) is 29.4 Å². The number of hydrogen-bond acceptors (Lipinski definition) is 4. The Morgan fingerprint density at radius 2 is 1.89 bits per heavy atom. The molecular formula is C19H19ClN2O3S2. The molecule has 0 fully saturated rings. The van der Waals surface area contributed by atoms with Crippen molar-refractivity contribution in [3.05, 3.63) is 57.9 Å². The molecule has 0 unspecified atom stereocenters. The standard InChI is InChI=1S/C19H19ClN2O3S2/c1-13-5-8-15(9-6-13)27(24,25)11-3-4-18(23)21-19-22(2)16-10-7-14(20)12-17(16)26-19/h5-10,12H,3-4,11H2,1-2H3. The number of aryl methyl sites for hydroxylation is 2. The summed E-state index contributed by atoms with van der Waals surface area (Å²) in [5, 5.41) is 0.628. The minimum atomic E-state index is -3.39. The van der Waals surface area contributed by atoms with Crippen molar-refractivity contribution in [3.8, 4) is 0 Å². The zero-order valence-corrected chi connectivity index (χ0v) is 17.4. The summed E-state index contributed by atoms with van der Waals surface area (Å²) in [6, 6.07) is 12.2. The highest BCUT2D eigenvalue weighted by atomic mass is 35.5. The van der Waals surface area contributed by atoms with Crippen LogP contribution in [0.15, 0.2) is 52.4 Å². The molecule has 0 bridgehead atoms. The molecule has 1 amide bonds. The van der Waals surface area contributed by atoms with Gasteiger partial charge in [0.25, 0.3) is 0 Å². The van der Waals surface area contributed by atoms with E-state index in [0.29, 0.717) is 9.82 Å².